The van der Waals surface area contributed by atoms with Crippen LogP contribution in [0.2, 0.25) is 0 Å². The molecule has 1 aromatic carbocycles. The van der Waals surface area contributed by atoms with E-state index in [-0.39, 0.29) is 0 Å². The summed E-state index contributed by atoms with van der Waals surface area (Å²) < 4.78 is 21.8. The maximum absolute atomic E-state index is 12.4. The van der Waals surface area contributed by atoms with Gasteiger partial charge in [0, 0.05) is 6.26 Å². The van der Waals surface area contributed by atoms with Crippen LogP contribution >= 0.6 is 0 Å². The number of benzene rings is 1. The largest absolute Gasteiger partial charge is 0.296 e. The van der Waals surface area contributed by atoms with Crippen LogP contribution < -0.4 is 0 Å². The average Bonchev–Trinajstić information content (AvgIpc) is 2.28. The Bertz CT molecular complexity index is 639. The van der Waals surface area contributed by atoms with E-state index in [0.29, 0.717) is 5.56 Å². The molecule has 0 saturated carbocycles. The number of carbonyl (C=O) groups is 1. The van der Waals surface area contributed by atoms with E-state index in [1.54, 1.807) is 18.2 Å². The third-order valence-electron chi connectivity index (χ3n) is 3.29. The van der Waals surface area contributed by atoms with Crippen molar-refractivity contribution in [2.45, 2.75) is 31.4 Å². The molecule has 19 heavy (non-hydrogen) atoms. The summed E-state index contributed by atoms with van der Waals surface area (Å²) >= 11 is 0. The van der Waals surface area contributed by atoms with Crippen LogP contribution in [0.15, 0.2) is 24.3 Å². The molecule has 1 aromatic rings. The second-order valence-electron chi connectivity index (χ2n) is 5.12. The fraction of sp³-hybridized carbons (Fsp3) is 0.429. The summed E-state index contributed by atoms with van der Waals surface area (Å²) in [7, 11) is -3.58. The summed E-state index contributed by atoms with van der Waals surface area (Å²) in [6.07, 6.45) is 1.01. The molecule has 1 rings (SSSR count). The van der Waals surface area contributed by atoms with Gasteiger partial charge in [0.1, 0.15) is 10.7 Å². The molecule has 4 nitrogen and oxygen atoms in total. The Kier molecular flexibility index (Phi) is 4.16. The van der Waals surface area contributed by atoms with Crippen molar-refractivity contribution >= 4 is 15.6 Å². The van der Waals surface area contributed by atoms with E-state index in [9.17, 15) is 18.5 Å². The predicted molar refractivity (Wildman–Crippen MR) is 73.5 cm³/mol. The van der Waals surface area contributed by atoms with Gasteiger partial charge in [0.2, 0.25) is 0 Å². The fourth-order valence-electron chi connectivity index (χ4n) is 1.66. The van der Waals surface area contributed by atoms with Crippen molar-refractivity contribution in [3.8, 4) is 6.07 Å². The van der Waals surface area contributed by atoms with Gasteiger partial charge in [-0.2, -0.15) is 5.26 Å². The molecule has 0 fully saturated rings. The molecule has 0 N–H and O–H groups in total. The van der Waals surface area contributed by atoms with Gasteiger partial charge in [0.25, 0.3) is 0 Å². The second kappa shape index (κ2) is 5.14. The maximum Gasteiger partial charge on any atom is 0.175 e. The molecule has 0 bridgehead atoms. The number of carbonyl (C=O) groups excluding carboxylic acids is 1. The van der Waals surface area contributed by atoms with Gasteiger partial charge in [0.15, 0.2) is 15.6 Å². The summed E-state index contributed by atoms with van der Waals surface area (Å²) in [5, 5.41) is 9.20. The molecule has 1 atom stereocenters. The first kappa shape index (κ1) is 15.4. The third kappa shape index (κ3) is 3.02. The Hall–Kier alpha value is -1.67. The van der Waals surface area contributed by atoms with Crippen LogP contribution in [0.1, 0.15) is 30.9 Å². The quantitative estimate of drug-likeness (QED) is 0.844. The molecule has 1 unspecified atom stereocenters. The van der Waals surface area contributed by atoms with Crippen molar-refractivity contribution in [3.05, 3.63) is 35.4 Å². The molecule has 102 valence electrons. The van der Waals surface area contributed by atoms with Crippen LogP contribution in [0.25, 0.3) is 0 Å². The van der Waals surface area contributed by atoms with Crippen LogP contribution in [0.5, 0.6) is 0 Å². The Morgan fingerprint density at radius 1 is 1.37 bits per heavy atom. The number of aryl methyl sites for hydroxylation is 1. The standard InChI is InChI=1S/C14H17NO3S/c1-10-6-5-7-11(8-10)12(9-15)13(16)14(2,3)19(4,17)18/h5-8,12H,1-4H3. The van der Waals surface area contributed by atoms with Gasteiger partial charge in [-0.1, -0.05) is 29.8 Å². The number of nitrogens with zero attached hydrogens (tertiary/aromatic N) is 1. The topological polar surface area (TPSA) is 75.0 Å². The number of rotatable bonds is 4. The minimum absolute atomic E-state index is 0.532. The van der Waals surface area contributed by atoms with E-state index in [1.165, 1.54) is 13.8 Å². The van der Waals surface area contributed by atoms with E-state index >= 15 is 0 Å². The first-order chi connectivity index (χ1) is 8.61. The zero-order valence-corrected chi connectivity index (χ0v) is 12.3. The minimum Gasteiger partial charge on any atom is -0.296 e. The predicted octanol–water partition coefficient (Wildman–Crippen LogP) is 1.99. The number of hydrogen-bond donors (Lipinski definition) is 0. The lowest BCUT2D eigenvalue weighted by molar-refractivity contribution is -0.121. The van der Waals surface area contributed by atoms with Crippen molar-refractivity contribution in [2.24, 2.45) is 0 Å². The van der Waals surface area contributed by atoms with Crippen molar-refractivity contribution in [1.82, 2.24) is 0 Å². The molecule has 0 aliphatic carbocycles. The molecule has 0 amide bonds. The van der Waals surface area contributed by atoms with E-state index in [4.69, 9.17) is 0 Å². The molecule has 0 spiro atoms. The van der Waals surface area contributed by atoms with E-state index in [2.05, 4.69) is 0 Å². The summed E-state index contributed by atoms with van der Waals surface area (Å²) in [5.74, 6) is -1.66. The van der Waals surface area contributed by atoms with Gasteiger partial charge in [-0.3, -0.25) is 4.79 Å². The molecule has 0 saturated heterocycles. The zero-order valence-electron chi connectivity index (χ0n) is 11.5. The Morgan fingerprint density at radius 2 is 1.95 bits per heavy atom. The van der Waals surface area contributed by atoms with Crippen LogP contribution in [-0.2, 0) is 14.6 Å². The average molecular weight is 279 g/mol. The molecule has 0 aromatic heterocycles. The third-order valence-corrected chi connectivity index (χ3v) is 5.34. The molecular weight excluding hydrogens is 262 g/mol. The van der Waals surface area contributed by atoms with Crippen LogP contribution in [0.3, 0.4) is 0 Å². The molecule has 0 heterocycles. The Balaban J connectivity index is 3.27. The molecule has 0 aliphatic heterocycles. The highest BCUT2D eigenvalue weighted by atomic mass is 32.2. The molecular formula is C14H17NO3S. The number of nitriles is 1. The molecule has 0 radical (unpaired) electrons. The summed E-state index contributed by atoms with van der Waals surface area (Å²) in [6.45, 7) is 4.53. The van der Waals surface area contributed by atoms with Gasteiger partial charge in [-0.15, -0.1) is 0 Å². The van der Waals surface area contributed by atoms with E-state index < -0.39 is 26.3 Å². The van der Waals surface area contributed by atoms with Gasteiger partial charge in [0.05, 0.1) is 6.07 Å². The van der Waals surface area contributed by atoms with Gasteiger partial charge in [-0.25, -0.2) is 8.42 Å². The monoisotopic (exact) mass is 279 g/mol. The number of ketones is 1. The lowest BCUT2D eigenvalue weighted by Crippen LogP contribution is -2.42. The maximum atomic E-state index is 12.4. The van der Waals surface area contributed by atoms with E-state index in [0.717, 1.165) is 11.8 Å². The Morgan fingerprint density at radius 3 is 2.37 bits per heavy atom. The van der Waals surface area contributed by atoms with Gasteiger partial charge >= 0.3 is 0 Å². The molecule has 0 aliphatic rings. The van der Waals surface area contributed by atoms with Crippen molar-refractivity contribution < 1.29 is 13.2 Å². The van der Waals surface area contributed by atoms with Gasteiger partial charge < -0.3 is 0 Å². The van der Waals surface area contributed by atoms with Crippen molar-refractivity contribution in [1.29, 1.82) is 5.26 Å². The van der Waals surface area contributed by atoms with Crippen LogP contribution in [0, 0.1) is 18.3 Å². The summed E-state index contributed by atoms with van der Waals surface area (Å²) in [4.78, 5) is 12.4. The highest BCUT2D eigenvalue weighted by molar-refractivity contribution is 7.92. The minimum atomic E-state index is -3.58. The lowest BCUT2D eigenvalue weighted by atomic mass is 9.89. The summed E-state index contributed by atoms with van der Waals surface area (Å²) in [6, 6.07) is 8.90. The second-order valence-corrected chi connectivity index (χ2v) is 7.69. The lowest BCUT2D eigenvalue weighted by Gasteiger charge is -2.23. The Labute approximate surface area is 114 Å². The normalized spacial score (nSPS) is 13.6. The summed E-state index contributed by atoms with van der Waals surface area (Å²) in [5.41, 5.74) is 1.45. The van der Waals surface area contributed by atoms with Crippen LogP contribution in [-0.4, -0.2) is 25.2 Å². The SMILES string of the molecule is Cc1cccc(C(C#N)C(=O)C(C)(C)S(C)(=O)=O)c1. The highest BCUT2D eigenvalue weighted by Crippen LogP contribution is 2.27. The number of hydrogen-bond acceptors (Lipinski definition) is 4. The first-order valence-electron chi connectivity index (χ1n) is 5.81. The zero-order chi connectivity index (χ0) is 14.8. The van der Waals surface area contributed by atoms with Crippen molar-refractivity contribution in [2.75, 3.05) is 6.26 Å². The smallest absolute Gasteiger partial charge is 0.175 e. The number of Topliss-reactive ketones (excluding diaryl/α,β-unsaturated/α-hetero) is 1. The van der Waals surface area contributed by atoms with Crippen molar-refractivity contribution in [3.63, 3.8) is 0 Å². The fourth-order valence-corrected chi connectivity index (χ4v) is 2.15. The van der Waals surface area contributed by atoms with Crippen LogP contribution in [0.4, 0.5) is 0 Å². The highest BCUT2D eigenvalue weighted by Gasteiger charge is 2.42. The first-order valence-corrected chi connectivity index (χ1v) is 7.70. The van der Waals surface area contributed by atoms with E-state index in [1.807, 2.05) is 19.1 Å². The molecule has 5 heteroatoms. The van der Waals surface area contributed by atoms with Gasteiger partial charge in [-0.05, 0) is 26.3 Å². The number of sulfone groups is 1.